The van der Waals surface area contributed by atoms with Crippen LogP contribution in [0.2, 0.25) is 0 Å². The first kappa shape index (κ1) is 18.2. The second kappa shape index (κ2) is 7.08. The van der Waals surface area contributed by atoms with Gasteiger partial charge in [-0.3, -0.25) is 18.7 Å². The molecule has 0 atom stereocenters. The highest BCUT2D eigenvalue weighted by Gasteiger charge is 2.33. The molecule has 27 heavy (non-hydrogen) atoms. The molecule has 0 unspecified atom stereocenters. The molecule has 0 saturated carbocycles. The largest absolute Gasteiger partial charge is 0.433 e. The van der Waals surface area contributed by atoms with Crippen molar-refractivity contribution in [2.24, 2.45) is 5.92 Å². The van der Waals surface area contributed by atoms with Crippen molar-refractivity contribution < 1.29 is 13.2 Å². The van der Waals surface area contributed by atoms with Crippen LogP contribution in [-0.2, 0) is 19.3 Å². The maximum atomic E-state index is 12.6. The summed E-state index contributed by atoms with van der Waals surface area (Å²) in [5.74, 6) is 0.253. The number of thiazole rings is 1. The quantitative estimate of drug-likeness (QED) is 0.679. The highest BCUT2D eigenvalue weighted by atomic mass is 32.1. The van der Waals surface area contributed by atoms with Crippen LogP contribution in [0.3, 0.4) is 0 Å². The van der Waals surface area contributed by atoms with E-state index in [1.807, 2.05) is 22.2 Å². The van der Waals surface area contributed by atoms with Crippen molar-refractivity contribution in [3.05, 3.63) is 51.9 Å². The van der Waals surface area contributed by atoms with Gasteiger partial charge in [-0.05, 0) is 31.8 Å². The predicted octanol–water partition coefficient (Wildman–Crippen LogP) is 2.88. The van der Waals surface area contributed by atoms with Gasteiger partial charge in [0.2, 0.25) is 0 Å². The van der Waals surface area contributed by atoms with E-state index >= 15 is 0 Å². The number of imidazole rings is 1. The van der Waals surface area contributed by atoms with Gasteiger partial charge in [0.1, 0.15) is 0 Å². The number of nitrogens with zero attached hydrogens (tertiary/aromatic N) is 5. The van der Waals surface area contributed by atoms with E-state index < -0.39 is 17.4 Å². The topological polar surface area (TPSA) is 55.4 Å². The molecule has 1 aliphatic rings. The standard InChI is InChI=1S/C17H18F3N5OS/c18-17(19,20)14-7-15(26)25(11-21-14)8-12-1-3-23(4-2-12)9-13-10-24-5-6-27-16(24)22-13/h5-7,10-12H,1-4,8-9H2. The maximum Gasteiger partial charge on any atom is 0.433 e. The molecule has 10 heteroatoms. The first-order valence-electron chi connectivity index (χ1n) is 8.65. The number of hydrogen-bond acceptors (Lipinski definition) is 5. The van der Waals surface area contributed by atoms with Gasteiger partial charge < -0.3 is 0 Å². The van der Waals surface area contributed by atoms with E-state index in [1.165, 1.54) is 4.57 Å². The number of aromatic nitrogens is 4. The van der Waals surface area contributed by atoms with E-state index in [-0.39, 0.29) is 5.92 Å². The molecule has 0 spiro atoms. The summed E-state index contributed by atoms with van der Waals surface area (Å²) in [6.07, 6.45) is 2.20. The lowest BCUT2D eigenvalue weighted by molar-refractivity contribution is -0.141. The molecule has 6 nitrogen and oxygen atoms in total. The third-order valence-electron chi connectivity index (χ3n) is 4.86. The van der Waals surface area contributed by atoms with Crippen LogP contribution in [0.25, 0.3) is 4.96 Å². The molecule has 0 amide bonds. The molecular formula is C17H18F3N5OS. The van der Waals surface area contributed by atoms with E-state index in [0.717, 1.165) is 49.5 Å². The van der Waals surface area contributed by atoms with Crippen LogP contribution in [0.5, 0.6) is 0 Å². The molecule has 3 aromatic heterocycles. The van der Waals surface area contributed by atoms with Gasteiger partial charge in [-0.2, -0.15) is 13.2 Å². The molecular weight excluding hydrogens is 379 g/mol. The number of alkyl halides is 3. The molecule has 0 bridgehead atoms. The van der Waals surface area contributed by atoms with Crippen LogP contribution in [-0.4, -0.2) is 36.9 Å². The first-order valence-corrected chi connectivity index (χ1v) is 9.53. The number of halogens is 3. The van der Waals surface area contributed by atoms with Gasteiger partial charge in [-0.15, -0.1) is 11.3 Å². The molecule has 4 heterocycles. The third kappa shape index (κ3) is 4.06. The average Bonchev–Trinajstić information content (AvgIpc) is 3.19. The Hall–Kier alpha value is -2.20. The number of hydrogen-bond donors (Lipinski definition) is 0. The van der Waals surface area contributed by atoms with E-state index in [2.05, 4.69) is 14.9 Å². The molecule has 4 rings (SSSR count). The van der Waals surface area contributed by atoms with E-state index in [1.54, 1.807) is 11.3 Å². The van der Waals surface area contributed by atoms with Gasteiger partial charge in [0.25, 0.3) is 5.56 Å². The number of likely N-dealkylation sites (tertiary alicyclic amines) is 1. The van der Waals surface area contributed by atoms with Gasteiger partial charge in [-0.1, -0.05) is 0 Å². The zero-order valence-corrected chi connectivity index (χ0v) is 15.2. The van der Waals surface area contributed by atoms with Crippen LogP contribution < -0.4 is 5.56 Å². The molecule has 1 saturated heterocycles. The second-order valence-corrected chi connectivity index (χ2v) is 7.68. The molecule has 1 aliphatic heterocycles. The molecule has 0 aromatic carbocycles. The van der Waals surface area contributed by atoms with Gasteiger partial charge in [0.05, 0.1) is 12.0 Å². The third-order valence-corrected chi connectivity index (χ3v) is 5.63. The number of rotatable bonds is 4. The lowest BCUT2D eigenvalue weighted by Crippen LogP contribution is -2.36. The van der Waals surface area contributed by atoms with Crippen LogP contribution in [0.4, 0.5) is 13.2 Å². The lowest BCUT2D eigenvalue weighted by Gasteiger charge is -2.31. The highest BCUT2D eigenvalue weighted by Crippen LogP contribution is 2.26. The van der Waals surface area contributed by atoms with Crippen molar-refractivity contribution in [1.82, 2.24) is 23.8 Å². The van der Waals surface area contributed by atoms with Gasteiger partial charge in [0, 0.05) is 36.9 Å². The van der Waals surface area contributed by atoms with E-state index in [0.29, 0.717) is 12.6 Å². The smallest absolute Gasteiger partial charge is 0.299 e. The first-order chi connectivity index (χ1) is 12.9. The summed E-state index contributed by atoms with van der Waals surface area (Å²) < 4.78 is 41.1. The Labute approximate surface area is 156 Å². The predicted molar refractivity (Wildman–Crippen MR) is 94.6 cm³/mol. The zero-order valence-electron chi connectivity index (χ0n) is 14.4. The summed E-state index contributed by atoms with van der Waals surface area (Å²) in [5.41, 5.74) is -0.764. The van der Waals surface area contributed by atoms with Crippen LogP contribution in [0.1, 0.15) is 24.2 Å². The minimum absolute atomic E-state index is 0.253. The maximum absolute atomic E-state index is 12.6. The van der Waals surface area contributed by atoms with Crippen LogP contribution >= 0.6 is 11.3 Å². The summed E-state index contributed by atoms with van der Waals surface area (Å²) in [4.78, 5) is 23.2. The van der Waals surface area contributed by atoms with Gasteiger partial charge in [0.15, 0.2) is 10.7 Å². The number of piperidine rings is 1. The molecule has 1 fully saturated rings. The Morgan fingerprint density at radius 2 is 2.04 bits per heavy atom. The summed E-state index contributed by atoms with van der Waals surface area (Å²) in [6, 6.07) is 0.569. The Kier molecular flexibility index (Phi) is 4.77. The molecule has 3 aromatic rings. The SMILES string of the molecule is O=c1cc(C(F)(F)F)ncn1CC1CCN(Cc2cn3ccsc3n2)CC1. The highest BCUT2D eigenvalue weighted by molar-refractivity contribution is 7.15. The van der Waals surface area contributed by atoms with Crippen molar-refractivity contribution in [2.45, 2.75) is 32.1 Å². The fourth-order valence-corrected chi connectivity index (χ4v) is 4.12. The van der Waals surface area contributed by atoms with Crippen molar-refractivity contribution in [3.63, 3.8) is 0 Å². The molecule has 0 radical (unpaired) electrons. The van der Waals surface area contributed by atoms with E-state index in [4.69, 9.17) is 0 Å². The second-order valence-electron chi connectivity index (χ2n) is 6.81. The monoisotopic (exact) mass is 397 g/mol. The fraction of sp³-hybridized carbons (Fsp3) is 0.471. The van der Waals surface area contributed by atoms with Crippen molar-refractivity contribution in [3.8, 4) is 0 Å². The molecule has 0 N–H and O–H groups in total. The zero-order chi connectivity index (χ0) is 19.0. The number of fused-ring (bicyclic) bond motifs is 1. The Morgan fingerprint density at radius 1 is 1.26 bits per heavy atom. The summed E-state index contributed by atoms with van der Waals surface area (Å²) in [6.45, 7) is 2.93. The summed E-state index contributed by atoms with van der Waals surface area (Å²) in [7, 11) is 0. The van der Waals surface area contributed by atoms with Gasteiger partial charge in [-0.25, -0.2) is 9.97 Å². The molecule has 0 aliphatic carbocycles. The van der Waals surface area contributed by atoms with Crippen molar-refractivity contribution in [1.29, 1.82) is 0 Å². The van der Waals surface area contributed by atoms with Gasteiger partial charge >= 0.3 is 6.18 Å². The van der Waals surface area contributed by atoms with Crippen LogP contribution in [0, 0.1) is 5.92 Å². The van der Waals surface area contributed by atoms with Crippen molar-refractivity contribution in [2.75, 3.05) is 13.1 Å². The van der Waals surface area contributed by atoms with E-state index in [9.17, 15) is 18.0 Å². The molecule has 144 valence electrons. The average molecular weight is 397 g/mol. The Bertz CT molecular complexity index is 956. The Morgan fingerprint density at radius 3 is 2.70 bits per heavy atom. The summed E-state index contributed by atoms with van der Waals surface area (Å²) in [5, 5.41) is 2.00. The minimum atomic E-state index is -4.59. The van der Waals surface area contributed by atoms with Crippen LogP contribution in [0.15, 0.2) is 35.0 Å². The minimum Gasteiger partial charge on any atom is -0.299 e. The normalized spacial score (nSPS) is 17.0. The van der Waals surface area contributed by atoms with Crippen molar-refractivity contribution >= 4 is 16.3 Å². The fourth-order valence-electron chi connectivity index (χ4n) is 3.40. The Balaban J connectivity index is 1.33. The summed E-state index contributed by atoms with van der Waals surface area (Å²) >= 11 is 1.60. The lowest BCUT2D eigenvalue weighted by atomic mass is 9.96.